The van der Waals surface area contributed by atoms with Crippen molar-refractivity contribution in [3.05, 3.63) is 0 Å². The first kappa shape index (κ1) is 8.43. The van der Waals surface area contributed by atoms with Crippen molar-refractivity contribution >= 4 is 5.97 Å². The molecular formula is C6H12O3. The summed E-state index contributed by atoms with van der Waals surface area (Å²) in [5.41, 5.74) is 0. The average Bonchev–Trinajstić information content (AvgIpc) is 2.20. The molecule has 0 amide bonds. The molecule has 0 aromatic rings. The number of rotatable bonds is 0. The van der Waals surface area contributed by atoms with Gasteiger partial charge in [0.05, 0.1) is 0 Å². The topological polar surface area (TPSA) is 35.5 Å². The Morgan fingerprint density at radius 2 is 2.11 bits per heavy atom. The van der Waals surface area contributed by atoms with Crippen LogP contribution in [0.15, 0.2) is 0 Å². The highest BCUT2D eigenvalue weighted by molar-refractivity contribution is 5.71. The van der Waals surface area contributed by atoms with E-state index >= 15 is 0 Å². The van der Waals surface area contributed by atoms with Gasteiger partial charge in [-0.2, -0.15) is 0 Å². The van der Waals surface area contributed by atoms with Gasteiger partial charge in [-0.25, -0.2) is 4.79 Å². The molecule has 0 aromatic heterocycles. The van der Waals surface area contributed by atoms with Gasteiger partial charge >= 0.3 is 5.97 Å². The number of carbonyl (C=O) groups is 1. The van der Waals surface area contributed by atoms with Crippen molar-refractivity contribution in [1.29, 1.82) is 0 Å². The number of hydrogen-bond donors (Lipinski definition) is 0. The van der Waals surface area contributed by atoms with E-state index in [0.29, 0.717) is 0 Å². The SMILES string of the molecule is CC.CC1OCC(=O)O1. The van der Waals surface area contributed by atoms with Crippen molar-refractivity contribution in [1.82, 2.24) is 0 Å². The maximum absolute atomic E-state index is 10.1. The molecule has 3 nitrogen and oxygen atoms in total. The molecule has 54 valence electrons. The molecule has 1 rings (SSSR count). The van der Waals surface area contributed by atoms with E-state index in [9.17, 15) is 4.79 Å². The summed E-state index contributed by atoms with van der Waals surface area (Å²) in [5.74, 6) is -0.271. The van der Waals surface area contributed by atoms with Gasteiger partial charge < -0.3 is 9.47 Å². The largest absolute Gasteiger partial charge is 0.434 e. The summed E-state index contributed by atoms with van der Waals surface area (Å²) in [6.07, 6.45) is -0.326. The Hall–Kier alpha value is -0.570. The van der Waals surface area contributed by atoms with Crippen LogP contribution in [-0.2, 0) is 14.3 Å². The van der Waals surface area contributed by atoms with Gasteiger partial charge in [0.1, 0.15) is 6.61 Å². The fourth-order valence-corrected chi connectivity index (χ4v) is 0.439. The second-order valence-corrected chi connectivity index (χ2v) is 1.37. The predicted octanol–water partition coefficient (Wildman–Crippen LogP) is 0.932. The Labute approximate surface area is 55.0 Å². The summed E-state index contributed by atoms with van der Waals surface area (Å²) in [5, 5.41) is 0. The van der Waals surface area contributed by atoms with Gasteiger partial charge in [-0.05, 0) is 6.92 Å². The van der Waals surface area contributed by atoms with Crippen molar-refractivity contribution < 1.29 is 14.3 Å². The van der Waals surface area contributed by atoms with Crippen LogP contribution in [0.2, 0.25) is 0 Å². The van der Waals surface area contributed by atoms with Crippen LogP contribution < -0.4 is 0 Å². The maximum atomic E-state index is 10.1. The highest BCUT2D eigenvalue weighted by atomic mass is 16.7. The molecule has 0 saturated carbocycles. The van der Waals surface area contributed by atoms with Crippen LogP contribution >= 0.6 is 0 Å². The Balaban J connectivity index is 0.000000291. The quantitative estimate of drug-likeness (QED) is 0.460. The van der Waals surface area contributed by atoms with Crippen LogP contribution in [0.25, 0.3) is 0 Å². The molecule has 1 fully saturated rings. The second-order valence-electron chi connectivity index (χ2n) is 1.37. The summed E-state index contributed by atoms with van der Waals surface area (Å²) in [7, 11) is 0. The third-order valence-electron chi connectivity index (χ3n) is 0.733. The van der Waals surface area contributed by atoms with Gasteiger partial charge in [0.15, 0.2) is 0 Å². The van der Waals surface area contributed by atoms with Gasteiger partial charge in [0.2, 0.25) is 6.29 Å². The molecule has 0 spiro atoms. The van der Waals surface area contributed by atoms with Crippen molar-refractivity contribution in [2.45, 2.75) is 27.1 Å². The minimum absolute atomic E-state index is 0.112. The van der Waals surface area contributed by atoms with Gasteiger partial charge in [-0.15, -0.1) is 0 Å². The Kier molecular flexibility index (Phi) is 4.05. The molecule has 1 saturated heterocycles. The van der Waals surface area contributed by atoms with Crippen LogP contribution in [0, 0.1) is 0 Å². The van der Waals surface area contributed by atoms with E-state index < -0.39 is 0 Å². The van der Waals surface area contributed by atoms with E-state index in [1.807, 2.05) is 13.8 Å². The first-order valence-electron chi connectivity index (χ1n) is 3.10. The van der Waals surface area contributed by atoms with Gasteiger partial charge in [-0.1, -0.05) is 13.8 Å². The highest BCUT2D eigenvalue weighted by Crippen LogP contribution is 2.01. The van der Waals surface area contributed by atoms with Crippen LogP contribution in [0.3, 0.4) is 0 Å². The molecule has 1 heterocycles. The third-order valence-corrected chi connectivity index (χ3v) is 0.733. The normalized spacial score (nSPS) is 24.3. The molecule has 1 unspecified atom stereocenters. The lowest BCUT2D eigenvalue weighted by molar-refractivity contribution is -0.141. The Bertz CT molecular complexity index is 90.3. The molecule has 1 aliphatic heterocycles. The highest BCUT2D eigenvalue weighted by Gasteiger charge is 2.17. The molecular weight excluding hydrogens is 120 g/mol. The minimum atomic E-state index is -0.326. The first-order chi connectivity index (χ1) is 4.29. The molecule has 3 heteroatoms. The monoisotopic (exact) mass is 132 g/mol. The molecule has 9 heavy (non-hydrogen) atoms. The first-order valence-corrected chi connectivity index (χ1v) is 3.10. The van der Waals surface area contributed by atoms with E-state index in [2.05, 4.69) is 4.74 Å². The van der Waals surface area contributed by atoms with E-state index in [1.54, 1.807) is 6.92 Å². The van der Waals surface area contributed by atoms with Crippen molar-refractivity contribution in [2.24, 2.45) is 0 Å². The molecule has 1 atom stereocenters. The molecule has 0 aliphatic carbocycles. The second kappa shape index (κ2) is 4.32. The van der Waals surface area contributed by atoms with E-state index in [4.69, 9.17) is 4.74 Å². The maximum Gasteiger partial charge on any atom is 0.334 e. The summed E-state index contributed by atoms with van der Waals surface area (Å²) in [4.78, 5) is 10.1. The minimum Gasteiger partial charge on any atom is -0.434 e. The summed E-state index contributed by atoms with van der Waals surface area (Å²) >= 11 is 0. The van der Waals surface area contributed by atoms with Gasteiger partial charge in [0, 0.05) is 0 Å². The molecule has 0 aromatic carbocycles. The average molecular weight is 132 g/mol. The van der Waals surface area contributed by atoms with Crippen molar-refractivity contribution in [3.8, 4) is 0 Å². The fraction of sp³-hybridized carbons (Fsp3) is 0.833. The van der Waals surface area contributed by atoms with Crippen molar-refractivity contribution in [3.63, 3.8) is 0 Å². The summed E-state index contributed by atoms with van der Waals surface area (Å²) in [6, 6.07) is 0. The standard InChI is InChI=1S/C4H6O3.C2H6/c1-3-6-2-4(5)7-3;1-2/h3H,2H2,1H3;1-2H3. The molecule has 1 aliphatic rings. The Morgan fingerprint density at radius 3 is 2.22 bits per heavy atom. The third kappa shape index (κ3) is 3.08. The fourth-order valence-electron chi connectivity index (χ4n) is 0.439. The number of cyclic esters (lactones) is 1. The van der Waals surface area contributed by atoms with Crippen LogP contribution in [-0.4, -0.2) is 18.9 Å². The van der Waals surface area contributed by atoms with E-state index in [-0.39, 0.29) is 18.9 Å². The molecule has 0 radical (unpaired) electrons. The number of hydrogen-bond acceptors (Lipinski definition) is 3. The lowest BCUT2D eigenvalue weighted by atomic mass is 10.8. The lowest BCUT2D eigenvalue weighted by Gasteiger charge is -1.94. The number of carbonyl (C=O) groups excluding carboxylic acids is 1. The lowest BCUT2D eigenvalue weighted by Crippen LogP contribution is -2.00. The zero-order chi connectivity index (χ0) is 7.28. The molecule has 0 bridgehead atoms. The Morgan fingerprint density at radius 1 is 1.56 bits per heavy atom. The van der Waals surface area contributed by atoms with Crippen LogP contribution in [0.1, 0.15) is 20.8 Å². The summed E-state index contributed by atoms with van der Waals surface area (Å²) < 4.78 is 9.19. The van der Waals surface area contributed by atoms with Crippen LogP contribution in [0.5, 0.6) is 0 Å². The van der Waals surface area contributed by atoms with Crippen LogP contribution in [0.4, 0.5) is 0 Å². The zero-order valence-corrected chi connectivity index (χ0v) is 6.01. The van der Waals surface area contributed by atoms with E-state index in [0.717, 1.165) is 0 Å². The number of ether oxygens (including phenoxy) is 2. The zero-order valence-electron chi connectivity index (χ0n) is 6.01. The van der Waals surface area contributed by atoms with E-state index in [1.165, 1.54) is 0 Å². The molecule has 0 N–H and O–H groups in total. The predicted molar refractivity (Wildman–Crippen MR) is 32.9 cm³/mol. The smallest absolute Gasteiger partial charge is 0.334 e. The van der Waals surface area contributed by atoms with Gasteiger partial charge in [0.25, 0.3) is 0 Å². The van der Waals surface area contributed by atoms with Gasteiger partial charge in [-0.3, -0.25) is 0 Å². The summed E-state index contributed by atoms with van der Waals surface area (Å²) in [6.45, 7) is 5.80. The number of esters is 1. The van der Waals surface area contributed by atoms with Crippen molar-refractivity contribution in [2.75, 3.05) is 6.61 Å².